The third kappa shape index (κ3) is 4.63. The van der Waals surface area contributed by atoms with Crippen molar-refractivity contribution in [3.8, 4) is 0 Å². The van der Waals surface area contributed by atoms with Crippen molar-refractivity contribution in [3.05, 3.63) is 83.9 Å². The molecule has 10 heteroatoms. The quantitative estimate of drug-likeness (QED) is 0.526. The summed E-state index contributed by atoms with van der Waals surface area (Å²) in [6.07, 6.45) is 3.08. The molecule has 1 fully saturated rings. The number of hydrogen-bond donors (Lipinski definition) is 1. The van der Waals surface area contributed by atoms with Gasteiger partial charge in [-0.3, -0.25) is 9.10 Å². The SMILES string of the molecule is O=C(Nc1ccc2c(c1)CCCN2S(=O)(=O)c1ccccc1)c1ccc(S(=O)(=O)N2CCCC2)cc1. The Bertz CT molecular complexity index is 1480. The fourth-order valence-corrected chi connectivity index (χ4v) is 7.75. The Morgan fingerprint density at radius 3 is 2.08 bits per heavy atom. The van der Waals surface area contributed by atoms with Crippen LogP contribution >= 0.6 is 0 Å². The Hall–Kier alpha value is -3.21. The number of hydrogen-bond acceptors (Lipinski definition) is 5. The number of carbonyl (C=O) groups excluding carboxylic acids is 1. The van der Waals surface area contributed by atoms with Crippen molar-refractivity contribution < 1.29 is 21.6 Å². The second-order valence-corrected chi connectivity index (χ2v) is 12.7. The Balaban J connectivity index is 1.33. The molecule has 2 heterocycles. The van der Waals surface area contributed by atoms with E-state index in [1.54, 1.807) is 48.5 Å². The maximum absolute atomic E-state index is 13.2. The van der Waals surface area contributed by atoms with Gasteiger partial charge in [0.2, 0.25) is 10.0 Å². The maximum atomic E-state index is 13.2. The Morgan fingerprint density at radius 2 is 1.39 bits per heavy atom. The van der Waals surface area contributed by atoms with Gasteiger partial charge >= 0.3 is 0 Å². The van der Waals surface area contributed by atoms with E-state index in [2.05, 4.69) is 5.32 Å². The van der Waals surface area contributed by atoms with E-state index in [0.717, 1.165) is 18.4 Å². The van der Waals surface area contributed by atoms with E-state index >= 15 is 0 Å². The van der Waals surface area contributed by atoms with Crippen molar-refractivity contribution in [1.82, 2.24) is 4.31 Å². The van der Waals surface area contributed by atoms with Crippen molar-refractivity contribution in [3.63, 3.8) is 0 Å². The number of amides is 1. The lowest BCUT2D eigenvalue weighted by atomic mass is 10.0. The van der Waals surface area contributed by atoms with Crippen molar-refractivity contribution in [2.24, 2.45) is 0 Å². The third-order valence-electron chi connectivity index (χ3n) is 6.56. The molecule has 1 saturated heterocycles. The molecule has 0 unspecified atom stereocenters. The van der Waals surface area contributed by atoms with Gasteiger partial charge in [0.25, 0.3) is 15.9 Å². The molecule has 36 heavy (non-hydrogen) atoms. The van der Waals surface area contributed by atoms with Crippen LogP contribution in [0.4, 0.5) is 11.4 Å². The average Bonchev–Trinajstić information content (AvgIpc) is 3.45. The van der Waals surface area contributed by atoms with E-state index in [-0.39, 0.29) is 15.7 Å². The molecule has 0 spiro atoms. The molecule has 3 aromatic rings. The predicted molar refractivity (Wildman–Crippen MR) is 138 cm³/mol. The molecule has 0 aliphatic carbocycles. The highest BCUT2D eigenvalue weighted by molar-refractivity contribution is 7.92. The smallest absolute Gasteiger partial charge is 0.264 e. The minimum atomic E-state index is -3.68. The number of rotatable bonds is 6. The van der Waals surface area contributed by atoms with E-state index in [1.165, 1.54) is 32.9 Å². The van der Waals surface area contributed by atoms with Crippen molar-refractivity contribution >= 4 is 37.3 Å². The lowest BCUT2D eigenvalue weighted by Crippen LogP contribution is -2.35. The largest absolute Gasteiger partial charge is 0.322 e. The van der Waals surface area contributed by atoms with Gasteiger partial charge in [0.15, 0.2) is 0 Å². The highest BCUT2D eigenvalue weighted by Gasteiger charge is 2.29. The summed E-state index contributed by atoms with van der Waals surface area (Å²) in [6, 6.07) is 19.5. The molecule has 2 aliphatic heterocycles. The van der Waals surface area contributed by atoms with Crippen LogP contribution in [0.3, 0.4) is 0 Å². The molecule has 0 aromatic heterocycles. The van der Waals surface area contributed by atoms with Crippen LogP contribution in [0.2, 0.25) is 0 Å². The highest BCUT2D eigenvalue weighted by atomic mass is 32.2. The molecule has 1 amide bonds. The van der Waals surface area contributed by atoms with Gasteiger partial charge in [-0.05, 0) is 85.8 Å². The monoisotopic (exact) mass is 525 g/mol. The highest BCUT2D eigenvalue weighted by Crippen LogP contribution is 2.34. The number of anilines is 2. The van der Waals surface area contributed by atoms with Gasteiger partial charge < -0.3 is 5.32 Å². The molecule has 0 atom stereocenters. The molecule has 0 radical (unpaired) electrons. The summed E-state index contributed by atoms with van der Waals surface area (Å²) in [6.45, 7) is 1.43. The lowest BCUT2D eigenvalue weighted by Gasteiger charge is -2.31. The van der Waals surface area contributed by atoms with Crippen LogP contribution in [-0.4, -0.2) is 46.7 Å². The topological polar surface area (TPSA) is 104 Å². The maximum Gasteiger partial charge on any atom is 0.264 e. The molecule has 0 saturated carbocycles. The van der Waals surface area contributed by atoms with Crippen LogP contribution in [0, 0.1) is 0 Å². The van der Waals surface area contributed by atoms with Gasteiger partial charge in [-0.25, -0.2) is 16.8 Å². The zero-order chi connectivity index (χ0) is 25.3. The van der Waals surface area contributed by atoms with Crippen LogP contribution in [0.1, 0.15) is 35.2 Å². The summed E-state index contributed by atoms with van der Waals surface area (Å²) in [5, 5.41) is 2.84. The summed E-state index contributed by atoms with van der Waals surface area (Å²) in [5.41, 5.74) is 2.33. The minimum absolute atomic E-state index is 0.175. The molecule has 3 aromatic carbocycles. The van der Waals surface area contributed by atoms with Gasteiger partial charge in [-0.15, -0.1) is 0 Å². The van der Waals surface area contributed by atoms with Crippen LogP contribution in [0.15, 0.2) is 82.6 Å². The summed E-state index contributed by atoms with van der Waals surface area (Å²) in [7, 11) is -7.22. The van der Waals surface area contributed by atoms with Gasteiger partial charge in [0.1, 0.15) is 0 Å². The van der Waals surface area contributed by atoms with Crippen LogP contribution < -0.4 is 9.62 Å². The molecule has 1 N–H and O–H groups in total. The van der Waals surface area contributed by atoms with Gasteiger partial charge in [0.05, 0.1) is 15.5 Å². The summed E-state index contributed by atoms with van der Waals surface area (Å²) >= 11 is 0. The Labute approximate surface area is 211 Å². The normalized spacial score (nSPS) is 16.5. The van der Waals surface area contributed by atoms with Crippen molar-refractivity contribution in [2.75, 3.05) is 29.3 Å². The standard InChI is InChI=1S/C26H27N3O5S2/c30-26(20-10-13-24(14-11-20)35(31,32)28-16-4-5-17-28)27-22-12-15-25-21(19-22)7-6-18-29(25)36(33,34)23-8-2-1-3-9-23/h1-3,8-15,19H,4-7,16-18H2,(H,27,30). The summed E-state index contributed by atoms with van der Waals surface area (Å²) in [4.78, 5) is 13.2. The Morgan fingerprint density at radius 1 is 0.722 bits per heavy atom. The molecule has 8 nitrogen and oxygen atoms in total. The number of nitrogens with one attached hydrogen (secondary N) is 1. The van der Waals surface area contributed by atoms with Crippen LogP contribution in [-0.2, 0) is 26.5 Å². The summed E-state index contributed by atoms with van der Waals surface area (Å²) in [5.74, 6) is -0.371. The zero-order valence-corrected chi connectivity index (χ0v) is 21.3. The van der Waals surface area contributed by atoms with E-state index in [4.69, 9.17) is 0 Å². The third-order valence-corrected chi connectivity index (χ3v) is 10.3. The molecule has 188 valence electrons. The first-order valence-corrected chi connectivity index (χ1v) is 14.8. The van der Waals surface area contributed by atoms with E-state index in [0.29, 0.717) is 49.4 Å². The van der Waals surface area contributed by atoms with E-state index in [1.807, 2.05) is 0 Å². The van der Waals surface area contributed by atoms with Gasteiger partial charge in [0, 0.05) is 30.9 Å². The number of carbonyl (C=O) groups is 1. The van der Waals surface area contributed by atoms with Crippen molar-refractivity contribution in [1.29, 1.82) is 0 Å². The second-order valence-electron chi connectivity index (χ2n) is 8.93. The number of nitrogens with zero attached hydrogens (tertiary/aromatic N) is 2. The molecule has 0 bridgehead atoms. The van der Waals surface area contributed by atoms with Gasteiger partial charge in [-0.2, -0.15) is 4.31 Å². The molecular formula is C26H27N3O5S2. The molecular weight excluding hydrogens is 498 g/mol. The first-order chi connectivity index (χ1) is 17.3. The number of benzene rings is 3. The fraction of sp³-hybridized carbons (Fsp3) is 0.269. The lowest BCUT2D eigenvalue weighted by molar-refractivity contribution is 0.102. The predicted octanol–water partition coefficient (Wildman–Crippen LogP) is 3.86. The summed E-state index contributed by atoms with van der Waals surface area (Å²) < 4.78 is 54.7. The first-order valence-electron chi connectivity index (χ1n) is 11.9. The van der Waals surface area contributed by atoms with Crippen molar-refractivity contribution in [2.45, 2.75) is 35.5 Å². The second kappa shape index (κ2) is 9.68. The molecule has 5 rings (SSSR count). The average molecular weight is 526 g/mol. The number of aryl methyl sites for hydroxylation is 1. The Kier molecular flexibility index (Phi) is 6.59. The van der Waals surface area contributed by atoms with Gasteiger partial charge in [-0.1, -0.05) is 18.2 Å². The van der Waals surface area contributed by atoms with E-state index in [9.17, 15) is 21.6 Å². The number of sulfonamides is 2. The fourth-order valence-electron chi connectivity index (χ4n) is 4.67. The minimum Gasteiger partial charge on any atom is -0.322 e. The zero-order valence-electron chi connectivity index (χ0n) is 19.6. The van der Waals surface area contributed by atoms with Crippen LogP contribution in [0.5, 0.6) is 0 Å². The van der Waals surface area contributed by atoms with E-state index < -0.39 is 20.0 Å². The first kappa shape index (κ1) is 24.5. The molecule has 2 aliphatic rings. The van der Waals surface area contributed by atoms with Crippen LogP contribution in [0.25, 0.3) is 0 Å². The number of fused-ring (bicyclic) bond motifs is 1.